The maximum atomic E-state index is 12.0. The van der Waals surface area contributed by atoms with Crippen molar-refractivity contribution in [1.29, 1.82) is 0 Å². The molecule has 0 bridgehead atoms. The van der Waals surface area contributed by atoms with Gasteiger partial charge < -0.3 is 10.4 Å². The number of amides is 1. The standard InChI is InChI=1S/C14H25NO3/c1-10-6-5-7-14(8-10,12(17)18)15-11(16)9-13(2,3)4/h10H,5-9H2,1-4H3,(H,15,16)(H,17,18). The van der Waals surface area contributed by atoms with Crippen molar-refractivity contribution in [3.05, 3.63) is 0 Å². The lowest BCUT2D eigenvalue weighted by molar-refractivity contribution is -0.150. The van der Waals surface area contributed by atoms with E-state index in [-0.39, 0.29) is 11.3 Å². The molecule has 2 unspecified atom stereocenters. The predicted molar refractivity (Wildman–Crippen MR) is 70.2 cm³/mol. The van der Waals surface area contributed by atoms with E-state index < -0.39 is 11.5 Å². The molecule has 0 heterocycles. The molecule has 1 amide bonds. The summed E-state index contributed by atoms with van der Waals surface area (Å²) in [6, 6.07) is 0. The summed E-state index contributed by atoms with van der Waals surface area (Å²) in [4.78, 5) is 23.5. The van der Waals surface area contributed by atoms with Gasteiger partial charge in [0.15, 0.2) is 0 Å². The molecule has 1 saturated carbocycles. The van der Waals surface area contributed by atoms with E-state index in [1.54, 1.807) is 0 Å². The first kappa shape index (κ1) is 15.0. The molecule has 4 heteroatoms. The van der Waals surface area contributed by atoms with E-state index in [1.807, 2.05) is 27.7 Å². The van der Waals surface area contributed by atoms with Crippen LogP contribution in [0.1, 0.15) is 59.8 Å². The molecule has 4 nitrogen and oxygen atoms in total. The summed E-state index contributed by atoms with van der Waals surface area (Å²) in [5.74, 6) is -0.694. The van der Waals surface area contributed by atoms with Gasteiger partial charge in [0.05, 0.1) is 0 Å². The average molecular weight is 255 g/mol. The van der Waals surface area contributed by atoms with Gasteiger partial charge in [-0.15, -0.1) is 0 Å². The zero-order valence-corrected chi connectivity index (χ0v) is 11.9. The van der Waals surface area contributed by atoms with Gasteiger partial charge in [-0.05, 0) is 24.2 Å². The van der Waals surface area contributed by atoms with Crippen molar-refractivity contribution in [1.82, 2.24) is 5.32 Å². The Hall–Kier alpha value is -1.06. The summed E-state index contributed by atoms with van der Waals surface area (Å²) in [5, 5.41) is 12.2. The van der Waals surface area contributed by atoms with E-state index in [1.165, 1.54) is 0 Å². The highest BCUT2D eigenvalue weighted by Gasteiger charge is 2.43. The largest absolute Gasteiger partial charge is 0.480 e. The number of nitrogens with one attached hydrogen (secondary N) is 1. The van der Waals surface area contributed by atoms with Crippen LogP contribution in [-0.4, -0.2) is 22.5 Å². The second kappa shape index (κ2) is 5.29. The Labute approximate surface area is 109 Å². The minimum Gasteiger partial charge on any atom is -0.480 e. The van der Waals surface area contributed by atoms with Crippen LogP contribution in [0, 0.1) is 11.3 Å². The summed E-state index contributed by atoms with van der Waals surface area (Å²) < 4.78 is 0. The first-order valence-corrected chi connectivity index (χ1v) is 6.69. The molecule has 0 radical (unpaired) electrons. The fourth-order valence-corrected chi connectivity index (χ4v) is 2.71. The first-order valence-electron chi connectivity index (χ1n) is 6.69. The molecule has 1 rings (SSSR count). The van der Waals surface area contributed by atoms with Crippen molar-refractivity contribution in [2.75, 3.05) is 0 Å². The lowest BCUT2D eigenvalue weighted by Gasteiger charge is -2.37. The molecule has 2 N–H and O–H groups in total. The van der Waals surface area contributed by atoms with E-state index in [9.17, 15) is 14.7 Å². The first-order chi connectivity index (χ1) is 8.15. The van der Waals surface area contributed by atoms with Gasteiger partial charge in [-0.3, -0.25) is 4.79 Å². The summed E-state index contributed by atoms with van der Waals surface area (Å²) in [6.45, 7) is 7.98. The van der Waals surface area contributed by atoms with Crippen molar-refractivity contribution in [3.63, 3.8) is 0 Å². The van der Waals surface area contributed by atoms with E-state index in [0.717, 1.165) is 12.8 Å². The van der Waals surface area contributed by atoms with Gasteiger partial charge in [0, 0.05) is 6.42 Å². The molecule has 1 aliphatic carbocycles. The third-order valence-electron chi connectivity index (χ3n) is 3.48. The Morgan fingerprint density at radius 3 is 2.44 bits per heavy atom. The second-order valence-electron chi connectivity index (χ2n) is 6.87. The van der Waals surface area contributed by atoms with E-state index >= 15 is 0 Å². The SMILES string of the molecule is CC1CCCC(NC(=O)CC(C)(C)C)(C(=O)O)C1. The number of hydrogen-bond donors (Lipinski definition) is 2. The number of aliphatic carboxylic acids is 1. The van der Waals surface area contributed by atoms with Crippen molar-refractivity contribution >= 4 is 11.9 Å². The molecule has 1 fully saturated rings. The van der Waals surface area contributed by atoms with Crippen LogP contribution in [0.25, 0.3) is 0 Å². The topological polar surface area (TPSA) is 66.4 Å². The highest BCUT2D eigenvalue weighted by molar-refractivity contribution is 5.87. The maximum Gasteiger partial charge on any atom is 0.329 e. The fourth-order valence-electron chi connectivity index (χ4n) is 2.71. The van der Waals surface area contributed by atoms with Gasteiger partial charge in [-0.25, -0.2) is 4.79 Å². The maximum absolute atomic E-state index is 12.0. The molecule has 0 aromatic carbocycles. The minimum atomic E-state index is -1.04. The van der Waals surface area contributed by atoms with Crippen molar-refractivity contribution in [2.45, 2.75) is 65.3 Å². The third-order valence-corrected chi connectivity index (χ3v) is 3.48. The van der Waals surface area contributed by atoms with Gasteiger partial charge >= 0.3 is 5.97 Å². The third kappa shape index (κ3) is 4.00. The van der Waals surface area contributed by atoms with Gasteiger partial charge in [-0.1, -0.05) is 40.5 Å². The van der Waals surface area contributed by atoms with Crippen LogP contribution in [0.5, 0.6) is 0 Å². The lowest BCUT2D eigenvalue weighted by Crippen LogP contribution is -2.57. The highest BCUT2D eigenvalue weighted by atomic mass is 16.4. The molecule has 2 atom stereocenters. The normalized spacial score (nSPS) is 28.8. The minimum absolute atomic E-state index is 0.121. The fraction of sp³-hybridized carbons (Fsp3) is 0.857. The van der Waals surface area contributed by atoms with Gasteiger partial charge in [0.2, 0.25) is 5.91 Å². The molecule has 0 aliphatic heterocycles. The number of carboxylic acid groups (broad SMARTS) is 1. The molecule has 18 heavy (non-hydrogen) atoms. The molecule has 0 aromatic rings. The highest BCUT2D eigenvalue weighted by Crippen LogP contribution is 2.33. The van der Waals surface area contributed by atoms with E-state index in [4.69, 9.17) is 0 Å². The van der Waals surface area contributed by atoms with Gasteiger partial charge in [0.1, 0.15) is 5.54 Å². The Morgan fingerprint density at radius 2 is 2.00 bits per heavy atom. The molecule has 104 valence electrons. The molecule has 1 aliphatic rings. The van der Waals surface area contributed by atoms with Crippen LogP contribution in [0.4, 0.5) is 0 Å². The zero-order chi connectivity index (χ0) is 14.0. The predicted octanol–water partition coefficient (Wildman–Crippen LogP) is 2.57. The summed E-state index contributed by atoms with van der Waals surface area (Å²) in [6.07, 6.45) is 3.35. The molecule has 0 saturated heterocycles. The Bertz CT molecular complexity index is 332. The quantitative estimate of drug-likeness (QED) is 0.814. The average Bonchev–Trinajstić information content (AvgIpc) is 2.13. The smallest absolute Gasteiger partial charge is 0.329 e. The summed E-state index contributed by atoms with van der Waals surface area (Å²) >= 11 is 0. The van der Waals surface area contributed by atoms with Crippen molar-refractivity contribution in [2.24, 2.45) is 11.3 Å². The summed E-state index contributed by atoms with van der Waals surface area (Å²) in [7, 11) is 0. The van der Waals surface area contributed by atoms with E-state index in [0.29, 0.717) is 25.2 Å². The van der Waals surface area contributed by atoms with Crippen LogP contribution in [0.15, 0.2) is 0 Å². The second-order valence-corrected chi connectivity index (χ2v) is 6.87. The molecular formula is C14H25NO3. The van der Waals surface area contributed by atoms with Crippen LogP contribution in [0.2, 0.25) is 0 Å². The molecule has 0 aromatic heterocycles. The van der Waals surface area contributed by atoms with Crippen molar-refractivity contribution < 1.29 is 14.7 Å². The number of carbonyl (C=O) groups is 2. The van der Waals surface area contributed by atoms with Crippen LogP contribution in [-0.2, 0) is 9.59 Å². The zero-order valence-electron chi connectivity index (χ0n) is 11.9. The molecule has 0 spiro atoms. The Morgan fingerprint density at radius 1 is 1.39 bits per heavy atom. The van der Waals surface area contributed by atoms with Crippen LogP contribution >= 0.6 is 0 Å². The number of rotatable bonds is 3. The van der Waals surface area contributed by atoms with Crippen LogP contribution < -0.4 is 5.32 Å². The monoisotopic (exact) mass is 255 g/mol. The van der Waals surface area contributed by atoms with Crippen molar-refractivity contribution in [3.8, 4) is 0 Å². The van der Waals surface area contributed by atoms with Gasteiger partial charge in [0.25, 0.3) is 0 Å². The molecular weight excluding hydrogens is 230 g/mol. The number of carbonyl (C=O) groups excluding carboxylic acids is 1. The van der Waals surface area contributed by atoms with Gasteiger partial charge in [-0.2, -0.15) is 0 Å². The van der Waals surface area contributed by atoms with Crippen LogP contribution in [0.3, 0.4) is 0 Å². The number of hydrogen-bond acceptors (Lipinski definition) is 2. The Balaban J connectivity index is 2.74. The lowest BCUT2D eigenvalue weighted by atomic mass is 9.76. The van der Waals surface area contributed by atoms with E-state index in [2.05, 4.69) is 5.32 Å². The number of carboxylic acids is 1. The Kier molecular flexibility index (Phi) is 4.41. The summed E-state index contributed by atoms with van der Waals surface area (Å²) in [5.41, 5.74) is -1.16.